The summed E-state index contributed by atoms with van der Waals surface area (Å²) in [5, 5.41) is 0.667. The first kappa shape index (κ1) is 29.1. The summed E-state index contributed by atoms with van der Waals surface area (Å²) < 4.78 is 8.01. The van der Waals surface area contributed by atoms with Crippen LogP contribution in [0.2, 0.25) is 0 Å². The summed E-state index contributed by atoms with van der Waals surface area (Å²) >= 11 is 2.36. The first-order chi connectivity index (χ1) is 22.3. The Morgan fingerprint density at radius 3 is 1.83 bits per heavy atom. The van der Waals surface area contributed by atoms with Crippen molar-refractivity contribution in [2.45, 2.75) is 13.5 Å². The number of hydrogen-bond donors (Lipinski definition) is 0. The van der Waals surface area contributed by atoms with Crippen LogP contribution < -0.4 is 0 Å². The van der Waals surface area contributed by atoms with Crippen LogP contribution in [-0.2, 0) is 20.9 Å². The largest absolute Gasteiger partial charge is 0.444 e. The molecule has 46 heavy (non-hydrogen) atoms. The van der Waals surface area contributed by atoms with Gasteiger partial charge < -0.3 is 4.74 Å². The van der Waals surface area contributed by atoms with E-state index in [1.54, 1.807) is 37.3 Å². The maximum absolute atomic E-state index is 13.6. The Kier molecular flexibility index (Phi) is 7.19. The van der Waals surface area contributed by atoms with Crippen LogP contribution in [0.1, 0.15) is 43.2 Å². The molecule has 224 valence electrons. The van der Waals surface area contributed by atoms with Crippen molar-refractivity contribution < 1.29 is 28.7 Å². The average Bonchev–Trinajstić information content (AvgIpc) is 3.83. The first-order valence-corrected chi connectivity index (χ1v) is 15.7. The van der Waals surface area contributed by atoms with Gasteiger partial charge in [0.05, 0.1) is 20.5 Å². The molecule has 2 aliphatic carbocycles. The van der Waals surface area contributed by atoms with E-state index in [-0.39, 0.29) is 40.2 Å². The zero-order chi connectivity index (χ0) is 32.1. The molecule has 11 heteroatoms. The van der Waals surface area contributed by atoms with E-state index in [1.807, 2.05) is 30.3 Å². The summed E-state index contributed by atoms with van der Waals surface area (Å²) in [4.78, 5) is 75.1. The van der Waals surface area contributed by atoms with Gasteiger partial charge in [-0.3, -0.25) is 19.2 Å². The minimum Gasteiger partial charge on any atom is -0.444 e. The van der Waals surface area contributed by atoms with Gasteiger partial charge in [-0.25, -0.2) is 19.3 Å². The van der Waals surface area contributed by atoms with Gasteiger partial charge in [0, 0.05) is 22.3 Å². The third-order valence-corrected chi connectivity index (χ3v) is 9.70. The summed E-state index contributed by atoms with van der Waals surface area (Å²) in [6.07, 6.45) is 6.66. The molecule has 1 fully saturated rings. The fourth-order valence-corrected chi connectivity index (χ4v) is 7.54. The number of carbonyl (C=O) groups excluding carboxylic acids is 5. The molecular formula is C35H21N3O6S2. The molecule has 0 amide bonds. The molecule has 3 aromatic heterocycles. The third kappa shape index (κ3) is 4.64. The quantitative estimate of drug-likeness (QED) is 0.149. The molecule has 1 saturated carbocycles. The molecule has 2 aliphatic rings. The Morgan fingerprint density at radius 2 is 1.28 bits per heavy atom. The lowest BCUT2D eigenvalue weighted by Crippen LogP contribution is -2.14. The highest BCUT2D eigenvalue weighted by molar-refractivity contribution is 7.27. The number of ketones is 4. The first-order valence-electron chi connectivity index (χ1n) is 14.0. The molecule has 0 atom stereocenters. The lowest BCUT2D eigenvalue weighted by molar-refractivity contribution is -0.115. The maximum Gasteiger partial charge on any atom is 0.421 e. The molecule has 0 unspecified atom stereocenters. The SMILES string of the molecule is C=C/C=C1/C(=O)/C(=C\c2nc3c(s2)c2sc(C=C4C(=O)c5ccccc5C4=O)nc2n3C(=O)OCc2ccccc2)C(=O)/C1=C/C. The van der Waals surface area contributed by atoms with E-state index in [4.69, 9.17) is 4.74 Å². The van der Waals surface area contributed by atoms with Crippen LogP contribution in [0.4, 0.5) is 4.79 Å². The minimum absolute atomic E-state index is 0.00224. The Labute approximate surface area is 269 Å². The topological polar surface area (TPSA) is 125 Å². The Balaban J connectivity index is 1.34. The maximum atomic E-state index is 13.6. The number of benzene rings is 2. The molecule has 3 heterocycles. The van der Waals surface area contributed by atoms with E-state index in [2.05, 4.69) is 16.5 Å². The zero-order valence-electron chi connectivity index (χ0n) is 24.1. The van der Waals surface area contributed by atoms with Crippen LogP contribution in [-0.4, -0.2) is 43.8 Å². The van der Waals surface area contributed by atoms with Gasteiger partial charge in [0.25, 0.3) is 0 Å². The van der Waals surface area contributed by atoms with Crippen LogP contribution in [0.25, 0.3) is 32.8 Å². The minimum atomic E-state index is -0.737. The lowest BCUT2D eigenvalue weighted by atomic mass is 10.1. The number of carbonyl (C=O) groups is 5. The van der Waals surface area contributed by atoms with Crippen molar-refractivity contribution in [1.29, 1.82) is 0 Å². The van der Waals surface area contributed by atoms with E-state index in [0.29, 0.717) is 30.5 Å². The van der Waals surface area contributed by atoms with E-state index >= 15 is 0 Å². The monoisotopic (exact) mass is 643 g/mol. The number of Topliss-reactive ketones (excluding diaryl/α,β-unsaturated/α-hetero) is 4. The fourth-order valence-electron chi connectivity index (χ4n) is 5.43. The van der Waals surface area contributed by atoms with Gasteiger partial charge in [0.2, 0.25) is 0 Å². The molecule has 7 rings (SSSR count). The predicted molar refractivity (Wildman–Crippen MR) is 176 cm³/mol. The van der Waals surface area contributed by atoms with Crippen molar-refractivity contribution in [3.8, 4) is 0 Å². The van der Waals surface area contributed by atoms with E-state index in [0.717, 1.165) is 5.56 Å². The van der Waals surface area contributed by atoms with Crippen LogP contribution in [0.3, 0.4) is 0 Å². The van der Waals surface area contributed by atoms with Gasteiger partial charge in [-0.1, -0.05) is 79.4 Å². The van der Waals surface area contributed by atoms with Crippen molar-refractivity contribution in [2.75, 3.05) is 0 Å². The van der Waals surface area contributed by atoms with E-state index in [9.17, 15) is 24.0 Å². The summed E-state index contributed by atoms with van der Waals surface area (Å²) in [6, 6.07) is 15.8. The van der Waals surface area contributed by atoms with Crippen molar-refractivity contribution >= 4 is 84.7 Å². The zero-order valence-corrected chi connectivity index (χ0v) is 25.7. The second-order valence-corrected chi connectivity index (χ2v) is 12.3. The van der Waals surface area contributed by atoms with Crippen molar-refractivity contribution in [3.05, 3.63) is 128 Å². The molecule has 0 N–H and O–H groups in total. The lowest BCUT2D eigenvalue weighted by Gasteiger charge is -2.06. The molecule has 0 radical (unpaired) electrons. The molecule has 0 aliphatic heterocycles. The standard InChI is InChI=1S/C35H21N3O6S2/c1-3-10-20-19(4-2)27(39)23(28(20)40)15-25-36-33-31(45-25)32-34(38(33)35(43)44-17-18-11-6-5-7-12-18)37-26(46-32)16-24-29(41)21-13-8-9-14-22(21)30(24)42/h3-16H,1,17H2,2H3/b19-4+,20-10+,23-15-. The van der Waals surface area contributed by atoms with Crippen molar-refractivity contribution in [3.63, 3.8) is 0 Å². The van der Waals surface area contributed by atoms with Gasteiger partial charge in [0.1, 0.15) is 16.6 Å². The highest BCUT2D eigenvalue weighted by Crippen LogP contribution is 2.40. The van der Waals surface area contributed by atoms with Gasteiger partial charge in [0.15, 0.2) is 34.4 Å². The van der Waals surface area contributed by atoms with Crippen LogP contribution in [0.5, 0.6) is 0 Å². The fraction of sp³-hybridized carbons (Fsp3) is 0.0571. The number of aromatic nitrogens is 3. The van der Waals surface area contributed by atoms with Gasteiger partial charge in [-0.05, 0) is 24.6 Å². The second-order valence-electron chi connectivity index (χ2n) is 10.3. The van der Waals surface area contributed by atoms with Crippen LogP contribution in [0, 0.1) is 0 Å². The number of hydrogen-bond acceptors (Lipinski definition) is 10. The average molecular weight is 644 g/mol. The number of nitrogens with zero attached hydrogens (tertiary/aromatic N) is 3. The number of fused-ring (bicyclic) bond motifs is 4. The Hall–Kier alpha value is -5.65. The summed E-state index contributed by atoms with van der Waals surface area (Å²) in [5.74, 6) is -1.64. The smallest absolute Gasteiger partial charge is 0.421 e. The molecule has 2 aromatic carbocycles. The summed E-state index contributed by atoms with van der Waals surface area (Å²) in [5.41, 5.74) is 2.42. The molecule has 0 spiro atoms. The number of thiazole rings is 2. The normalized spacial score (nSPS) is 17.3. The summed E-state index contributed by atoms with van der Waals surface area (Å²) in [6.45, 7) is 5.32. The summed E-state index contributed by atoms with van der Waals surface area (Å²) in [7, 11) is 0. The number of ether oxygens (including phenoxy) is 1. The molecular weight excluding hydrogens is 623 g/mol. The molecule has 0 bridgehead atoms. The predicted octanol–water partition coefficient (Wildman–Crippen LogP) is 6.95. The molecule has 9 nitrogen and oxygen atoms in total. The third-order valence-electron chi connectivity index (χ3n) is 7.55. The second kappa shape index (κ2) is 11.4. The number of rotatable bonds is 5. The van der Waals surface area contributed by atoms with Gasteiger partial charge in [-0.2, -0.15) is 0 Å². The molecule has 5 aromatic rings. The van der Waals surface area contributed by atoms with Crippen molar-refractivity contribution in [1.82, 2.24) is 14.5 Å². The van der Waals surface area contributed by atoms with E-state index in [1.165, 1.54) is 51.5 Å². The Bertz CT molecular complexity index is 2290. The highest BCUT2D eigenvalue weighted by Gasteiger charge is 2.36. The van der Waals surface area contributed by atoms with Gasteiger partial charge in [-0.15, -0.1) is 22.7 Å². The number of allylic oxidation sites excluding steroid dienone is 7. The van der Waals surface area contributed by atoms with E-state index < -0.39 is 29.2 Å². The van der Waals surface area contributed by atoms with Crippen LogP contribution in [0.15, 0.2) is 102 Å². The van der Waals surface area contributed by atoms with Crippen molar-refractivity contribution in [2.24, 2.45) is 0 Å². The molecule has 0 saturated heterocycles. The van der Waals surface area contributed by atoms with Crippen LogP contribution >= 0.6 is 22.7 Å². The Morgan fingerprint density at radius 1 is 0.761 bits per heavy atom. The van der Waals surface area contributed by atoms with Gasteiger partial charge >= 0.3 is 6.09 Å². The highest BCUT2D eigenvalue weighted by atomic mass is 32.1.